The zero-order chi connectivity index (χ0) is 18.9. The summed E-state index contributed by atoms with van der Waals surface area (Å²) >= 11 is 0. The summed E-state index contributed by atoms with van der Waals surface area (Å²) < 4.78 is 0. The van der Waals surface area contributed by atoms with Crippen molar-refractivity contribution in [2.45, 2.75) is 19.8 Å². The Morgan fingerprint density at radius 2 is 1.92 bits per heavy atom. The van der Waals surface area contributed by atoms with Gasteiger partial charge in [0, 0.05) is 19.3 Å². The normalized spacial score (nSPS) is 9.81. The van der Waals surface area contributed by atoms with E-state index in [0.29, 0.717) is 5.82 Å². The van der Waals surface area contributed by atoms with E-state index in [1.807, 2.05) is 19.1 Å². The zero-order valence-electron chi connectivity index (χ0n) is 14.1. The molecule has 132 valence electrons. The molecule has 0 aliphatic rings. The first-order valence-corrected chi connectivity index (χ1v) is 7.74. The van der Waals surface area contributed by atoms with E-state index in [0.717, 1.165) is 5.56 Å². The molecule has 0 bridgehead atoms. The van der Waals surface area contributed by atoms with E-state index >= 15 is 0 Å². The molecule has 0 aliphatic carbocycles. The SMILES string of the molecule is Cc1ccnc(Nc2ncnc(N(CCC#N)CCC#N)c2[N+](=O)[O-])c1. The van der Waals surface area contributed by atoms with Crippen molar-refractivity contribution in [3.05, 3.63) is 40.3 Å². The molecule has 0 spiro atoms. The molecule has 26 heavy (non-hydrogen) atoms. The zero-order valence-corrected chi connectivity index (χ0v) is 14.1. The van der Waals surface area contributed by atoms with Crippen molar-refractivity contribution in [1.29, 1.82) is 10.5 Å². The van der Waals surface area contributed by atoms with E-state index in [4.69, 9.17) is 10.5 Å². The highest BCUT2D eigenvalue weighted by molar-refractivity contribution is 5.73. The standard InChI is InChI=1S/C16H16N8O2/c1-12-4-7-19-13(10-12)22-15-14(24(25)26)16(21-11-20-15)23(8-2-5-17)9-3-6-18/h4,7,10-11H,2-3,8-9H2,1H3,(H,19,20,21,22). The lowest BCUT2D eigenvalue weighted by atomic mass is 10.3. The summed E-state index contributed by atoms with van der Waals surface area (Å²) in [4.78, 5) is 24.7. The van der Waals surface area contributed by atoms with Gasteiger partial charge in [0.25, 0.3) is 0 Å². The van der Waals surface area contributed by atoms with Gasteiger partial charge in [-0.15, -0.1) is 0 Å². The predicted octanol–water partition coefficient (Wildman–Crippen LogP) is 2.47. The van der Waals surface area contributed by atoms with Crippen LogP contribution in [0, 0.1) is 39.7 Å². The molecule has 0 radical (unpaired) electrons. The summed E-state index contributed by atoms with van der Waals surface area (Å²) in [7, 11) is 0. The molecule has 1 N–H and O–H groups in total. The second-order valence-corrected chi connectivity index (χ2v) is 5.30. The summed E-state index contributed by atoms with van der Waals surface area (Å²) in [6, 6.07) is 7.51. The summed E-state index contributed by atoms with van der Waals surface area (Å²) in [5.41, 5.74) is 0.607. The van der Waals surface area contributed by atoms with E-state index in [-0.39, 0.29) is 43.3 Å². The summed E-state index contributed by atoms with van der Waals surface area (Å²) in [6.45, 7) is 2.31. The highest BCUT2D eigenvalue weighted by Gasteiger charge is 2.27. The largest absolute Gasteiger partial charge is 0.353 e. The van der Waals surface area contributed by atoms with Crippen molar-refractivity contribution in [3.8, 4) is 12.1 Å². The molecule has 2 rings (SSSR count). The van der Waals surface area contributed by atoms with Crippen LogP contribution in [0.5, 0.6) is 0 Å². The molecular weight excluding hydrogens is 336 g/mol. The minimum absolute atomic E-state index is 0.00276. The molecule has 10 nitrogen and oxygen atoms in total. The second-order valence-electron chi connectivity index (χ2n) is 5.30. The monoisotopic (exact) mass is 352 g/mol. The van der Waals surface area contributed by atoms with E-state index in [1.165, 1.54) is 6.33 Å². The van der Waals surface area contributed by atoms with Crippen LogP contribution >= 0.6 is 0 Å². The molecule has 0 unspecified atom stereocenters. The van der Waals surface area contributed by atoms with Crippen molar-refractivity contribution in [1.82, 2.24) is 15.0 Å². The van der Waals surface area contributed by atoms with Crippen LogP contribution in [0.15, 0.2) is 24.7 Å². The first-order chi connectivity index (χ1) is 12.6. The lowest BCUT2D eigenvalue weighted by Crippen LogP contribution is -2.27. The average Bonchev–Trinajstić information content (AvgIpc) is 2.61. The maximum atomic E-state index is 11.7. The third-order valence-corrected chi connectivity index (χ3v) is 3.43. The smallest absolute Gasteiger partial charge is 0.349 e. The maximum Gasteiger partial charge on any atom is 0.353 e. The number of nitro groups is 1. The Morgan fingerprint density at radius 3 is 2.50 bits per heavy atom. The average molecular weight is 352 g/mol. The molecule has 0 aromatic carbocycles. The summed E-state index contributed by atoms with van der Waals surface area (Å²) in [5, 5.41) is 32.1. The van der Waals surface area contributed by atoms with E-state index in [2.05, 4.69) is 20.3 Å². The van der Waals surface area contributed by atoms with Gasteiger partial charge < -0.3 is 10.2 Å². The van der Waals surface area contributed by atoms with Gasteiger partial charge in [-0.05, 0) is 24.6 Å². The van der Waals surface area contributed by atoms with Crippen LogP contribution in [0.2, 0.25) is 0 Å². The molecule has 0 aliphatic heterocycles. The Hall–Kier alpha value is -3.79. The quantitative estimate of drug-likeness (QED) is 0.559. The molecule has 0 fully saturated rings. The summed E-state index contributed by atoms with van der Waals surface area (Å²) in [5.74, 6) is 0.473. The molecule has 2 aromatic heterocycles. The molecule has 2 aromatic rings. The van der Waals surface area contributed by atoms with E-state index in [1.54, 1.807) is 23.2 Å². The van der Waals surface area contributed by atoms with Gasteiger partial charge in [0.1, 0.15) is 12.1 Å². The van der Waals surface area contributed by atoms with Gasteiger partial charge in [-0.25, -0.2) is 15.0 Å². The van der Waals surface area contributed by atoms with Gasteiger partial charge in [0.05, 0.1) is 29.9 Å². The highest BCUT2D eigenvalue weighted by atomic mass is 16.6. The number of rotatable bonds is 8. The fraction of sp³-hybridized carbons (Fsp3) is 0.312. The lowest BCUT2D eigenvalue weighted by Gasteiger charge is -2.21. The Kier molecular flexibility index (Phi) is 6.34. The van der Waals surface area contributed by atoms with Crippen LogP contribution < -0.4 is 10.2 Å². The number of nitriles is 2. The summed E-state index contributed by atoms with van der Waals surface area (Å²) in [6.07, 6.45) is 3.08. The van der Waals surface area contributed by atoms with Gasteiger partial charge in [-0.3, -0.25) is 10.1 Å². The Labute approximate surface area is 149 Å². The fourth-order valence-electron chi connectivity index (χ4n) is 2.28. The molecular formula is C16H16N8O2. The van der Waals surface area contributed by atoms with Crippen LogP contribution in [0.3, 0.4) is 0 Å². The molecule has 0 saturated carbocycles. The first kappa shape index (κ1) is 18.5. The molecule has 2 heterocycles. The first-order valence-electron chi connectivity index (χ1n) is 7.74. The lowest BCUT2D eigenvalue weighted by molar-refractivity contribution is -0.383. The number of anilines is 3. The number of nitrogens with one attached hydrogen (secondary N) is 1. The Balaban J connectivity index is 2.44. The van der Waals surface area contributed by atoms with Crippen molar-refractivity contribution in [2.75, 3.05) is 23.3 Å². The van der Waals surface area contributed by atoms with Crippen molar-refractivity contribution >= 4 is 23.1 Å². The van der Waals surface area contributed by atoms with Crippen LogP contribution in [0.4, 0.5) is 23.1 Å². The van der Waals surface area contributed by atoms with Crippen LogP contribution in [-0.4, -0.2) is 33.0 Å². The number of hydrogen-bond donors (Lipinski definition) is 1. The van der Waals surface area contributed by atoms with Crippen molar-refractivity contribution in [2.24, 2.45) is 0 Å². The fourth-order valence-corrected chi connectivity index (χ4v) is 2.28. The third-order valence-electron chi connectivity index (χ3n) is 3.43. The molecule has 10 heteroatoms. The Morgan fingerprint density at radius 1 is 1.23 bits per heavy atom. The van der Waals surface area contributed by atoms with Crippen LogP contribution in [-0.2, 0) is 0 Å². The number of aromatic nitrogens is 3. The highest BCUT2D eigenvalue weighted by Crippen LogP contribution is 2.33. The molecule has 0 atom stereocenters. The van der Waals surface area contributed by atoms with Gasteiger partial charge in [-0.1, -0.05) is 0 Å². The minimum atomic E-state index is -0.584. The third kappa shape index (κ3) is 4.61. The maximum absolute atomic E-state index is 11.7. The van der Waals surface area contributed by atoms with Gasteiger partial charge in [-0.2, -0.15) is 10.5 Å². The van der Waals surface area contributed by atoms with Gasteiger partial charge in [0.2, 0.25) is 11.6 Å². The van der Waals surface area contributed by atoms with Crippen molar-refractivity contribution in [3.63, 3.8) is 0 Å². The van der Waals surface area contributed by atoms with Crippen LogP contribution in [0.25, 0.3) is 0 Å². The van der Waals surface area contributed by atoms with Gasteiger partial charge in [0.15, 0.2) is 0 Å². The number of pyridine rings is 1. The topological polar surface area (TPSA) is 145 Å². The number of aryl methyl sites for hydroxylation is 1. The second kappa shape index (κ2) is 8.89. The van der Waals surface area contributed by atoms with Crippen molar-refractivity contribution < 1.29 is 4.92 Å². The van der Waals surface area contributed by atoms with E-state index in [9.17, 15) is 10.1 Å². The number of nitrogens with zero attached hydrogens (tertiary/aromatic N) is 7. The van der Waals surface area contributed by atoms with Gasteiger partial charge >= 0.3 is 5.69 Å². The molecule has 0 saturated heterocycles. The van der Waals surface area contributed by atoms with Crippen LogP contribution in [0.1, 0.15) is 18.4 Å². The van der Waals surface area contributed by atoms with E-state index < -0.39 is 4.92 Å². The Bertz CT molecular complexity index is 853. The number of hydrogen-bond acceptors (Lipinski definition) is 9. The molecule has 0 amide bonds. The predicted molar refractivity (Wildman–Crippen MR) is 93.6 cm³/mol. The minimum Gasteiger partial charge on any atom is -0.349 e.